The molecule has 0 amide bonds. The second-order valence-corrected chi connectivity index (χ2v) is 12.3. The summed E-state index contributed by atoms with van der Waals surface area (Å²) in [5.41, 5.74) is 0. The number of hydrogen-bond acceptors (Lipinski definition) is 23. The van der Waals surface area contributed by atoms with E-state index in [1.54, 1.807) is 0 Å². The highest BCUT2D eigenvalue weighted by Gasteiger charge is 2.56. The molecule has 0 aromatic rings. The molecule has 0 bridgehead atoms. The maximum Gasteiger partial charge on any atom is 0.303 e. The van der Waals surface area contributed by atoms with Crippen molar-refractivity contribution in [1.29, 1.82) is 0 Å². The summed E-state index contributed by atoms with van der Waals surface area (Å²) in [7, 11) is 0. The summed E-state index contributed by atoms with van der Waals surface area (Å²) in [5.74, 6) is -1.76. The highest BCUT2D eigenvalue weighted by atomic mass is 16.8. The van der Waals surface area contributed by atoms with Gasteiger partial charge in [-0.2, -0.15) is 0 Å². The van der Waals surface area contributed by atoms with Crippen molar-refractivity contribution in [2.45, 2.75) is 137 Å². The number of rotatable bonds is 12. The molecule has 4 saturated heterocycles. The Morgan fingerprint density at radius 1 is 0.471 bits per heavy atom. The van der Waals surface area contributed by atoms with Crippen molar-refractivity contribution in [3.63, 3.8) is 0 Å². The number of carbonyl (C=O) groups excluding carboxylic acids is 2. The van der Waals surface area contributed by atoms with Crippen LogP contribution in [0.4, 0.5) is 0 Å². The quantitative estimate of drug-likeness (QED) is 0.0824. The van der Waals surface area contributed by atoms with E-state index >= 15 is 0 Å². The van der Waals surface area contributed by atoms with Crippen molar-refractivity contribution < 1.29 is 113 Å². The first-order valence-corrected chi connectivity index (χ1v) is 15.9. The summed E-state index contributed by atoms with van der Waals surface area (Å²) in [6.07, 6.45) is -37.1. The second kappa shape index (κ2) is 18.0. The van der Waals surface area contributed by atoms with Crippen LogP contribution in [0.1, 0.15) is 13.8 Å². The Labute approximate surface area is 288 Å². The lowest BCUT2D eigenvalue weighted by molar-refractivity contribution is -0.396. The lowest BCUT2D eigenvalue weighted by Gasteiger charge is -2.49. The second-order valence-electron chi connectivity index (χ2n) is 12.3. The molecule has 0 aromatic carbocycles. The van der Waals surface area contributed by atoms with Crippen LogP contribution >= 0.6 is 0 Å². The molecule has 20 atom stereocenters. The predicted molar refractivity (Wildman–Crippen MR) is 153 cm³/mol. The minimum absolute atomic E-state index is 0.589. The average Bonchev–Trinajstić information content (AvgIpc) is 3.08. The molecule has 296 valence electrons. The third-order valence-corrected chi connectivity index (χ3v) is 8.76. The number of esters is 2. The fourth-order valence-corrected chi connectivity index (χ4v) is 6.01. The van der Waals surface area contributed by atoms with Crippen LogP contribution in [0.25, 0.3) is 0 Å². The summed E-state index contributed by atoms with van der Waals surface area (Å²) < 4.78 is 48.8. The minimum Gasteiger partial charge on any atom is -0.463 e. The van der Waals surface area contributed by atoms with Crippen molar-refractivity contribution >= 4 is 11.9 Å². The van der Waals surface area contributed by atoms with E-state index in [0.29, 0.717) is 0 Å². The van der Waals surface area contributed by atoms with Crippen molar-refractivity contribution in [2.75, 3.05) is 26.4 Å². The Morgan fingerprint density at radius 3 is 1.47 bits per heavy atom. The van der Waals surface area contributed by atoms with Gasteiger partial charge in [-0.3, -0.25) is 9.59 Å². The highest BCUT2D eigenvalue weighted by Crippen LogP contribution is 2.35. The van der Waals surface area contributed by atoms with E-state index in [2.05, 4.69) is 0 Å². The van der Waals surface area contributed by atoms with Gasteiger partial charge in [0.2, 0.25) is 0 Å². The number of aliphatic hydroxyl groups excluding tert-OH is 12. The molecule has 1 unspecified atom stereocenters. The molecule has 12 N–H and O–H groups in total. The minimum atomic E-state index is -2.13. The highest BCUT2D eigenvalue weighted by molar-refractivity contribution is 5.66. The van der Waals surface area contributed by atoms with Gasteiger partial charge in [0, 0.05) is 13.8 Å². The summed E-state index contributed by atoms with van der Waals surface area (Å²) >= 11 is 0. The zero-order valence-corrected chi connectivity index (χ0v) is 27.2. The van der Waals surface area contributed by atoms with Gasteiger partial charge < -0.3 is 104 Å². The van der Waals surface area contributed by atoms with E-state index in [1.165, 1.54) is 0 Å². The molecule has 0 aliphatic carbocycles. The largest absolute Gasteiger partial charge is 0.463 e. The molecular formula is C28H46O23. The molecule has 0 saturated carbocycles. The van der Waals surface area contributed by atoms with Gasteiger partial charge in [-0.1, -0.05) is 0 Å². The smallest absolute Gasteiger partial charge is 0.303 e. The third-order valence-electron chi connectivity index (χ3n) is 8.76. The third kappa shape index (κ3) is 9.29. The topological polar surface area (TPSA) is 360 Å². The van der Waals surface area contributed by atoms with Gasteiger partial charge in [0.1, 0.15) is 92.1 Å². The molecule has 4 rings (SSSR count). The normalized spacial score (nSPS) is 47.8. The molecule has 0 radical (unpaired) electrons. The number of hydrogen-bond donors (Lipinski definition) is 12. The monoisotopic (exact) mass is 750 g/mol. The molecule has 4 heterocycles. The van der Waals surface area contributed by atoms with Crippen molar-refractivity contribution in [3.05, 3.63) is 0 Å². The van der Waals surface area contributed by atoms with Gasteiger partial charge in [-0.15, -0.1) is 0 Å². The van der Waals surface area contributed by atoms with Gasteiger partial charge in [0.05, 0.1) is 19.8 Å². The van der Waals surface area contributed by atoms with E-state index < -0.39 is 161 Å². The molecule has 4 fully saturated rings. The molecule has 0 aromatic heterocycles. The fraction of sp³-hybridized carbons (Fsp3) is 0.929. The van der Waals surface area contributed by atoms with E-state index in [1.807, 2.05) is 0 Å². The van der Waals surface area contributed by atoms with E-state index in [-0.39, 0.29) is 0 Å². The van der Waals surface area contributed by atoms with Crippen LogP contribution in [0.5, 0.6) is 0 Å². The summed E-state index contributed by atoms with van der Waals surface area (Å²) in [5, 5.41) is 126. The van der Waals surface area contributed by atoms with E-state index in [9.17, 15) is 70.9 Å². The summed E-state index contributed by atoms with van der Waals surface area (Å²) in [6, 6.07) is 0. The zero-order valence-electron chi connectivity index (χ0n) is 27.2. The van der Waals surface area contributed by atoms with Crippen LogP contribution in [0.3, 0.4) is 0 Å². The first kappa shape index (κ1) is 41.9. The lowest BCUT2D eigenvalue weighted by atomic mass is 9.95. The van der Waals surface area contributed by atoms with Crippen molar-refractivity contribution in [3.8, 4) is 0 Å². The fourth-order valence-electron chi connectivity index (χ4n) is 6.01. The van der Waals surface area contributed by atoms with Crippen molar-refractivity contribution in [1.82, 2.24) is 0 Å². The molecule has 23 heteroatoms. The molecule has 0 spiro atoms. The van der Waals surface area contributed by atoms with Gasteiger partial charge in [-0.25, -0.2) is 0 Å². The zero-order chi connectivity index (χ0) is 37.9. The lowest BCUT2D eigenvalue weighted by Crippen LogP contribution is -2.68. The van der Waals surface area contributed by atoms with Crippen molar-refractivity contribution in [2.24, 2.45) is 0 Å². The summed E-state index contributed by atoms with van der Waals surface area (Å²) in [6.45, 7) is -1.32. The van der Waals surface area contributed by atoms with Crippen LogP contribution in [-0.2, 0) is 52.2 Å². The molecular weight excluding hydrogens is 704 g/mol. The molecule has 4 aliphatic heterocycles. The van der Waals surface area contributed by atoms with Crippen LogP contribution in [0.2, 0.25) is 0 Å². The number of ether oxygens (including phenoxy) is 9. The Balaban J connectivity index is 1.63. The Kier molecular flexibility index (Phi) is 14.8. The van der Waals surface area contributed by atoms with Crippen LogP contribution in [-0.4, -0.2) is 222 Å². The number of aliphatic hydroxyl groups is 12. The number of carbonyl (C=O) groups is 2. The van der Waals surface area contributed by atoms with E-state index in [0.717, 1.165) is 13.8 Å². The predicted octanol–water partition coefficient (Wildman–Crippen LogP) is -8.61. The van der Waals surface area contributed by atoms with Crippen LogP contribution < -0.4 is 0 Å². The Bertz CT molecular complexity index is 1130. The van der Waals surface area contributed by atoms with Gasteiger partial charge in [0.25, 0.3) is 0 Å². The van der Waals surface area contributed by atoms with E-state index in [4.69, 9.17) is 42.6 Å². The maximum absolute atomic E-state index is 12.1. The first-order chi connectivity index (χ1) is 24.0. The van der Waals surface area contributed by atoms with Gasteiger partial charge >= 0.3 is 11.9 Å². The molecule has 23 nitrogen and oxygen atoms in total. The first-order valence-electron chi connectivity index (χ1n) is 15.9. The molecule has 51 heavy (non-hydrogen) atoms. The average molecular weight is 751 g/mol. The molecule has 4 aliphatic rings. The SMILES string of the molecule is CC(=O)OC[C@H]1OC(O)[C@H](O)[C@@H](O[C@H]2O[C@H](CO)[C@@H](O)[C@H](O[C@H]3O[C@H](CO)[C@@H](O)[C@H](OC(C)=O)[C@H]3O[C@@H]3O[C@H](CO)[C@@H](O)[C@H](O)[C@H]3O)[C@@H]2O)[C@@H]1O. The Hall–Kier alpha value is -1.82. The van der Waals surface area contributed by atoms with Gasteiger partial charge in [-0.05, 0) is 0 Å². The maximum atomic E-state index is 12.1. The van der Waals surface area contributed by atoms with Crippen LogP contribution in [0.15, 0.2) is 0 Å². The standard InChI is InChI=1S/C28H46O23/c1-7(32)43-6-12-16(37)21(19(40)25(42)45-12)49-27-20(41)22(14(35)10(4-30)47-27)50-28-24(23(44-8(2)33)15(36)11(5-31)48-28)51-26-18(39)17(38)13(34)9(3-29)46-26/h9-31,34-42H,3-6H2,1-2H3/t9-,10-,11-,12-,13-,14-,15-,16-,17+,18-,19-,20+,21+,22+,23+,24-,25?,26+,27-,28-/m1/s1. The van der Waals surface area contributed by atoms with Crippen LogP contribution in [0, 0.1) is 0 Å². The van der Waals surface area contributed by atoms with Gasteiger partial charge in [0.15, 0.2) is 37.4 Å². The Morgan fingerprint density at radius 2 is 0.922 bits per heavy atom. The summed E-state index contributed by atoms with van der Waals surface area (Å²) in [4.78, 5) is 23.4.